The summed E-state index contributed by atoms with van der Waals surface area (Å²) in [4.78, 5) is 4.00. The largest absolute Gasteiger partial charge is 0.374 e. The minimum absolute atomic E-state index is 0.0717. The van der Waals surface area contributed by atoms with Crippen LogP contribution >= 0.6 is 0 Å². The molecule has 2 rings (SSSR count). The normalized spacial score (nSPS) is 27.9. The lowest BCUT2D eigenvalue weighted by Crippen LogP contribution is -2.46. The molecule has 2 atom stereocenters. The van der Waals surface area contributed by atoms with Crippen LogP contribution in [0.15, 0.2) is 24.5 Å². The van der Waals surface area contributed by atoms with Crippen molar-refractivity contribution in [1.29, 1.82) is 0 Å². The van der Waals surface area contributed by atoms with Crippen LogP contribution in [0.1, 0.15) is 25.3 Å². The van der Waals surface area contributed by atoms with Crippen LogP contribution in [0.5, 0.6) is 0 Å². The van der Waals surface area contributed by atoms with Crippen molar-refractivity contribution in [2.45, 2.75) is 37.8 Å². The van der Waals surface area contributed by atoms with E-state index in [0.29, 0.717) is 0 Å². The molecule has 0 aromatic carbocycles. The van der Waals surface area contributed by atoms with Gasteiger partial charge in [-0.15, -0.1) is 0 Å². The minimum Gasteiger partial charge on any atom is -0.374 e. The Labute approximate surface area is 90.7 Å². The van der Waals surface area contributed by atoms with Gasteiger partial charge in [-0.25, -0.2) is 0 Å². The summed E-state index contributed by atoms with van der Waals surface area (Å²) >= 11 is 0. The van der Waals surface area contributed by atoms with Gasteiger partial charge in [0.2, 0.25) is 0 Å². The van der Waals surface area contributed by atoms with Crippen molar-refractivity contribution >= 4 is 0 Å². The van der Waals surface area contributed by atoms with Crippen LogP contribution in [0, 0.1) is 0 Å². The number of pyridine rings is 1. The second-order valence-corrected chi connectivity index (χ2v) is 4.43. The first-order chi connectivity index (χ1) is 7.21. The predicted octanol–water partition coefficient (Wildman–Crippen LogP) is 1.52. The van der Waals surface area contributed by atoms with Crippen molar-refractivity contribution in [2.24, 2.45) is 5.73 Å². The molecule has 1 aliphatic heterocycles. The molecule has 0 spiro atoms. The van der Waals surface area contributed by atoms with E-state index in [1.54, 1.807) is 12.4 Å². The molecule has 1 saturated heterocycles. The maximum atomic E-state index is 6.20. The smallest absolute Gasteiger partial charge is 0.0808 e. The second kappa shape index (κ2) is 4.29. The van der Waals surface area contributed by atoms with E-state index in [2.05, 4.69) is 11.9 Å². The number of nitrogens with zero attached hydrogens (tertiary/aromatic N) is 1. The fraction of sp³-hybridized carbons (Fsp3) is 0.583. The topological polar surface area (TPSA) is 48.1 Å². The van der Waals surface area contributed by atoms with Crippen molar-refractivity contribution in [3.63, 3.8) is 0 Å². The van der Waals surface area contributed by atoms with Gasteiger partial charge in [-0.1, -0.05) is 0 Å². The van der Waals surface area contributed by atoms with Crippen molar-refractivity contribution in [3.8, 4) is 0 Å². The molecule has 0 amide bonds. The average Bonchev–Trinajstić information content (AvgIpc) is 2.68. The molecule has 1 aliphatic rings. The monoisotopic (exact) mass is 206 g/mol. The molecule has 0 saturated carbocycles. The highest BCUT2D eigenvalue weighted by Crippen LogP contribution is 2.28. The molecule has 3 heteroatoms. The first-order valence-corrected chi connectivity index (χ1v) is 5.49. The average molecular weight is 206 g/mol. The zero-order valence-corrected chi connectivity index (χ0v) is 9.15. The molecule has 15 heavy (non-hydrogen) atoms. The summed E-state index contributed by atoms with van der Waals surface area (Å²) in [7, 11) is 0. The molecule has 0 radical (unpaired) electrons. The quantitative estimate of drug-likeness (QED) is 0.815. The third kappa shape index (κ3) is 2.36. The zero-order chi connectivity index (χ0) is 10.7. The Morgan fingerprint density at radius 2 is 2.27 bits per heavy atom. The van der Waals surface area contributed by atoms with Crippen LogP contribution in [0.25, 0.3) is 0 Å². The standard InChI is InChI=1S/C12H18N2O/c1-12(5-2-8-15-12)11(13)9-10-3-6-14-7-4-10/h3-4,6-7,11H,2,5,8-9,13H2,1H3. The maximum absolute atomic E-state index is 6.20. The lowest BCUT2D eigenvalue weighted by molar-refractivity contribution is -0.000908. The predicted molar refractivity (Wildman–Crippen MR) is 59.5 cm³/mol. The number of rotatable bonds is 3. The Kier molecular flexibility index (Phi) is 3.03. The van der Waals surface area contributed by atoms with Gasteiger partial charge >= 0.3 is 0 Å². The van der Waals surface area contributed by atoms with E-state index in [4.69, 9.17) is 10.5 Å². The lowest BCUT2D eigenvalue weighted by Gasteiger charge is -2.30. The molecule has 0 aliphatic carbocycles. The SMILES string of the molecule is CC1(C(N)Cc2ccncc2)CCCO1. The molecule has 2 heterocycles. The Hall–Kier alpha value is -0.930. The molecule has 2 N–H and O–H groups in total. The van der Waals surface area contributed by atoms with E-state index in [-0.39, 0.29) is 11.6 Å². The summed E-state index contributed by atoms with van der Waals surface area (Å²) in [6.07, 6.45) is 6.67. The Morgan fingerprint density at radius 1 is 1.53 bits per heavy atom. The third-order valence-electron chi connectivity index (χ3n) is 3.24. The van der Waals surface area contributed by atoms with Crippen molar-refractivity contribution in [3.05, 3.63) is 30.1 Å². The van der Waals surface area contributed by atoms with Gasteiger partial charge in [0, 0.05) is 25.0 Å². The first kappa shape index (κ1) is 10.6. The number of hydrogen-bond donors (Lipinski definition) is 1. The van der Waals surface area contributed by atoms with E-state index in [9.17, 15) is 0 Å². The number of nitrogens with two attached hydrogens (primary N) is 1. The van der Waals surface area contributed by atoms with Crippen LogP contribution in [0.3, 0.4) is 0 Å². The molecule has 82 valence electrons. The van der Waals surface area contributed by atoms with Crippen LogP contribution in [0.4, 0.5) is 0 Å². The second-order valence-electron chi connectivity index (χ2n) is 4.43. The minimum atomic E-state index is -0.136. The van der Waals surface area contributed by atoms with Gasteiger partial charge in [-0.2, -0.15) is 0 Å². The molecule has 1 fully saturated rings. The zero-order valence-electron chi connectivity index (χ0n) is 9.15. The van der Waals surface area contributed by atoms with Gasteiger partial charge < -0.3 is 10.5 Å². The van der Waals surface area contributed by atoms with Crippen LogP contribution in [-0.2, 0) is 11.2 Å². The first-order valence-electron chi connectivity index (χ1n) is 5.49. The summed E-state index contributed by atoms with van der Waals surface area (Å²) in [6, 6.07) is 4.10. The van der Waals surface area contributed by atoms with Gasteiger partial charge in [-0.05, 0) is 43.9 Å². The van der Waals surface area contributed by atoms with Crippen LogP contribution in [-0.4, -0.2) is 23.2 Å². The van der Waals surface area contributed by atoms with Gasteiger partial charge in [0.15, 0.2) is 0 Å². The number of hydrogen-bond acceptors (Lipinski definition) is 3. The molecule has 0 bridgehead atoms. The fourth-order valence-corrected chi connectivity index (χ4v) is 2.08. The summed E-state index contributed by atoms with van der Waals surface area (Å²) in [5.41, 5.74) is 7.29. The van der Waals surface area contributed by atoms with Crippen molar-refractivity contribution in [2.75, 3.05) is 6.61 Å². The Bertz CT molecular complexity index is 307. The summed E-state index contributed by atoms with van der Waals surface area (Å²) in [5.74, 6) is 0. The van der Waals surface area contributed by atoms with Gasteiger partial charge in [-0.3, -0.25) is 4.98 Å². The summed E-state index contributed by atoms with van der Waals surface area (Å²) < 4.78 is 5.73. The molecular formula is C12H18N2O. The van der Waals surface area contributed by atoms with E-state index >= 15 is 0 Å². The van der Waals surface area contributed by atoms with Crippen molar-refractivity contribution in [1.82, 2.24) is 4.98 Å². The van der Waals surface area contributed by atoms with Crippen LogP contribution < -0.4 is 5.73 Å². The molecule has 1 aromatic rings. The summed E-state index contributed by atoms with van der Waals surface area (Å²) in [5, 5.41) is 0. The number of aromatic nitrogens is 1. The van der Waals surface area contributed by atoms with Crippen LogP contribution in [0.2, 0.25) is 0 Å². The third-order valence-corrected chi connectivity index (χ3v) is 3.24. The highest BCUT2D eigenvalue weighted by atomic mass is 16.5. The Balaban J connectivity index is 2.00. The van der Waals surface area contributed by atoms with Gasteiger partial charge in [0.1, 0.15) is 0 Å². The van der Waals surface area contributed by atoms with E-state index in [0.717, 1.165) is 25.9 Å². The molecule has 1 aromatic heterocycles. The van der Waals surface area contributed by atoms with Crippen molar-refractivity contribution < 1.29 is 4.74 Å². The van der Waals surface area contributed by atoms with Gasteiger partial charge in [0.25, 0.3) is 0 Å². The van der Waals surface area contributed by atoms with E-state index in [1.165, 1.54) is 5.56 Å². The highest BCUT2D eigenvalue weighted by Gasteiger charge is 2.35. The fourth-order valence-electron chi connectivity index (χ4n) is 2.08. The van der Waals surface area contributed by atoms with Gasteiger partial charge in [0.05, 0.1) is 5.60 Å². The highest BCUT2D eigenvalue weighted by molar-refractivity contribution is 5.13. The van der Waals surface area contributed by atoms with E-state index in [1.807, 2.05) is 12.1 Å². The lowest BCUT2D eigenvalue weighted by atomic mass is 9.89. The molecule has 2 unspecified atom stereocenters. The van der Waals surface area contributed by atoms with E-state index < -0.39 is 0 Å². The summed E-state index contributed by atoms with van der Waals surface area (Å²) in [6.45, 7) is 2.96. The number of ether oxygens (including phenoxy) is 1. The molecule has 3 nitrogen and oxygen atoms in total. The maximum Gasteiger partial charge on any atom is 0.0808 e. The Morgan fingerprint density at radius 3 is 2.87 bits per heavy atom. The molecular weight excluding hydrogens is 188 g/mol.